The normalized spacial score (nSPS) is 19.8. The maximum Gasteiger partial charge on any atom is 0.314 e. The second kappa shape index (κ2) is 54.2. The summed E-state index contributed by atoms with van der Waals surface area (Å²) >= 11 is 21.2. The summed E-state index contributed by atoms with van der Waals surface area (Å²) < 4.78 is 27.5. The van der Waals surface area contributed by atoms with E-state index in [9.17, 15) is 24.0 Å². The molecule has 0 spiro atoms. The van der Waals surface area contributed by atoms with Crippen molar-refractivity contribution < 1.29 is 71.2 Å². The van der Waals surface area contributed by atoms with Gasteiger partial charge in [0.15, 0.2) is 0 Å². The summed E-state index contributed by atoms with van der Waals surface area (Å²) in [7, 11) is 0. The van der Waals surface area contributed by atoms with Gasteiger partial charge in [-0.05, 0) is 367 Å². The lowest BCUT2D eigenvalue weighted by atomic mass is 9.78. The summed E-state index contributed by atoms with van der Waals surface area (Å²) in [5.74, 6) is 5.52. The minimum absolute atomic E-state index is 0. The van der Waals surface area contributed by atoms with Crippen LogP contribution in [0.4, 0.5) is 23.5 Å². The van der Waals surface area contributed by atoms with E-state index in [1.165, 1.54) is 55.6 Å². The van der Waals surface area contributed by atoms with Crippen LogP contribution in [0.1, 0.15) is 248 Å². The average molecular weight is 1800 g/mol. The Morgan fingerprint density at radius 2 is 0.320 bits per heavy atom. The van der Waals surface area contributed by atoms with Gasteiger partial charge in [0, 0.05) is 24.5 Å². The molecule has 5 saturated carbocycles. The number of ether oxygens (including phenoxy) is 5. The highest BCUT2D eigenvalue weighted by atomic mass is 32.1. The van der Waals surface area contributed by atoms with Gasteiger partial charge in [-0.15, -0.1) is 63.1 Å². The molecule has 0 bridgehead atoms. The lowest BCUT2D eigenvalue weighted by Gasteiger charge is -2.27. The van der Waals surface area contributed by atoms with Crippen LogP contribution in [-0.2, 0) is 56.1 Å². The molecule has 10 nitrogen and oxygen atoms in total. The summed E-state index contributed by atoms with van der Waals surface area (Å²) in [4.78, 5) is 66.0. The molecule has 0 atom stereocenters. The minimum Gasteiger partial charge on any atom is -0.426 e. The third-order valence-corrected chi connectivity index (χ3v) is 26.4. The first-order valence-corrected chi connectivity index (χ1v) is 46.0. The molecular formula is C105H125F5O10S5. The number of carbonyl (C=O) groups is 5. The van der Waals surface area contributed by atoms with Crippen molar-refractivity contribution in [2.75, 3.05) is 0 Å². The first kappa shape index (κ1) is 105. The molecule has 0 radical (unpaired) electrons. The van der Waals surface area contributed by atoms with E-state index in [2.05, 4.69) is 219 Å². The predicted octanol–water partition coefficient (Wildman–Crippen LogP) is 27.8. The van der Waals surface area contributed by atoms with Crippen LogP contribution in [0.3, 0.4) is 0 Å². The molecule has 5 fully saturated rings. The number of rotatable bonds is 20. The molecule has 0 N–H and O–H groups in total. The largest absolute Gasteiger partial charge is 0.426 e. The van der Waals surface area contributed by atoms with Gasteiger partial charge in [-0.3, -0.25) is 47.5 Å². The third-order valence-electron chi connectivity index (χ3n) is 24.9. The van der Waals surface area contributed by atoms with E-state index >= 15 is 0 Å². The molecule has 125 heavy (non-hydrogen) atoms. The number of thiol groups is 5. The predicted molar refractivity (Wildman–Crippen MR) is 512 cm³/mol. The molecular weight excluding hydrogens is 1680 g/mol. The van der Waals surface area contributed by atoms with Crippen LogP contribution >= 0.6 is 63.1 Å². The van der Waals surface area contributed by atoms with Crippen molar-refractivity contribution in [3.8, 4) is 28.7 Å². The Balaban J connectivity index is 0.000000239. The van der Waals surface area contributed by atoms with Crippen molar-refractivity contribution >= 4 is 93.0 Å². The molecule has 20 heteroatoms. The van der Waals surface area contributed by atoms with E-state index in [0.717, 1.165) is 185 Å². The number of halogens is 5. The highest BCUT2D eigenvalue weighted by Gasteiger charge is 2.34. The van der Waals surface area contributed by atoms with Crippen molar-refractivity contribution in [2.45, 2.75) is 249 Å². The number of benzene rings is 10. The number of hydrogen-bond acceptors (Lipinski definition) is 15. The minimum atomic E-state index is -0.0957. The zero-order valence-corrected chi connectivity index (χ0v) is 76.9. The van der Waals surface area contributed by atoms with Gasteiger partial charge in [0.2, 0.25) is 0 Å². The SMILES string of the molecule is CCc1ccc(C2CCC(C(=O)Oc3ccc(S)cc3)CC2)cc1.CCc1ccc(C2CCC(C(=O)Oc3ccc(S)cc3)CC2)cc1.CCc1ccc(C2CCC(C(=O)Oc3ccc(S)cc3)CC2)cc1.CCc1ccc(C2CCC(C(=O)Oc3ccc(S)cc3)CC2)cc1.CCc1ccc(C2CCC(C(=O)Oc3ccc(S)cc3)CC2)cc1.F.F.F.F.F. The van der Waals surface area contributed by atoms with E-state index in [0.29, 0.717) is 58.3 Å². The summed E-state index contributed by atoms with van der Waals surface area (Å²) in [6.45, 7) is 10.9. The average Bonchev–Trinajstić information content (AvgIpc) is 0.855. The van der Waals surface area contributed by atoms with Gasteiger partial charge in [-0.1, -0.05) is 156 Å². The number of aryl methyl sites for hydroxylation is 5. The fraction of sp³-hybridized carbons (Fsp3) is 0.381. The Morgan fingerprint density at radius 1 is 0.200 bits per heavy atom. The second-order valence-electron chi connectivity index (χ2n) is 32.8. The Hall–Kier alpha value is -9.05. The fourth-order valence-corrected chi connectivity index (χ4v) is 17.8. The van der Waals surface area contributed by atoms with Crippen molar-refractivity contribution in [3.05, 3.63) is 298 Å². The van der Waals surface area contributed by atoms with Gasteiger partial charge < -0.3 is 23.7 Å². The highest BCUT2D eigenvalue weighted by Crippen LogP contribution is 2.43. The Labute approximate surface area is 764 Å². The quantitative estimate of drug-likeness (QED) is 0.0218. The molecule has 0 saturated heterocycles. The van der Waals surface area contributed by atoms with E-state index in [-0.39, 0.29) is 83.0 Å². The van der Waals surface area contributed by atoms with Crippen molar-refractivity contribution in [3.63, 3.8) is 0 Å². The van der Waals surface area contributed by atoms with Crippen LogP contribution in [0.15, 0.2) is 267 Å². The van der Waals surface area contributed by atoms with Crippen molar-refractivity contribution in [2.24, 2.45) is 29.6 Å². The van der Waals surface area contributed by atoms with Crippen molar-refractivity contribution in [1.29, 1.82) is 0 Å². The van der Waals surface area contributed by atoms with Crippen LogP contribution in [-0.4, -0.2) is 29.8 Å². The maximum atomic E-state index is 12.3. The molecule has 0 amide bonds. The number of esters is 5. The number of hydrogen-bond donors (Lipinski definition) is 5. The van der Waals surface area contributed by atoms with Gasteiger partial charge in [0.25, 0.3) is 0 Å². The Kier molecular flexibility index (Phi) is 45.4. The van der Waals surface area contributed by atoms with E-state index in [1.54, 1.807) is 60.7 Å². The molecule has 0 aromatic heterocycles. The zero-order valence-electron chi connectivity index (χ0n) is 72.4. The monoisotopic (exact) mass is 1800 g/mol. The van der Waals surface area contributed by atoms with Crippen LogP contribution < -0.4 is 23.7 Å². The van der Waals surface area contributed by atoms with Crippen LogP contribution in [0.5, 0.6) is 28.7 Å². The standard InChI is InChI=1S/5C21H24O2S.5FH/c5*1-2-15-3-5-16(6-4-15)17-7-9-18(10-8-17)21(22)23-19-11-13-20(24)14-12-19;;;;;/h5*3-6,11-14,17-18,24H,2,7-10H2,1H3;5*1H. The molecule has 670 valence electrons. The molecule has 0 aliphatic heterocycles. The van der Waals surface area contributed by atoms with E-state index in [1.807, 2.05) is 60.7 Å². The summed E-state index contributed by atoms with van der Waals surface area (Å²) in [6.07, 6.45) is 25.0. The van der Waals surface area contributed by atoms with Gasteiger partial charge >= 0.3 is 29.8 Å². The zero-order chi connectivity index (χ0) is 84.7. The van der Waals surface area contributed by atoms with Crippen molar-refractivity contribution in [1.82, 2.24) is 0 Å². The molecule has 0 unspecified atom stereocenters. The molecule has 10 aromatic rings. The van der Waals surface area contributed by atoms with E-state index < -0.39 is 0 Å². The topological polar surface area (TPSA) is 132 Å². The van der Waals surface area contributed by atoms with E-state index in [4.69, 9.17) is 23.7 Å². The third kappa shape index (κ3) is 33.0. The summed E-state index contributed by atoms with van der Waals surface area (Å²) in [5.41, 5.74) is 13.9. The van der Waals surface area contributed by atoms with Crippen LogP contribution in [0.25, 0.3) is 0 Å². The molecule has 10 aromatic carbocycles. The van der Waals surface area contributed by atoms with Gasteiger partial charge in [-0.2, -0.15) is 0 Å². The number of carbonyl (C=O) groups excluding carboxylic acids is 5. The molecule has 5 aliphatic rings. The smallest absolute Gasteiger partial charge is 0.314 e. The summed E-state index contributed by atoms with van der Waals surface area (Å²) in [5, 5.41) is 0. The first-order chi connectivity index (χ1) is 58.3. The lowest BCUT2D eigenvalue weighted by Crippen LogP contribution is -2.25. The van der Waals surface area contributed by atoms with Gasteiger partial charge in [-0.25, -0.2) is 0 Å². The van der Waals surface area contributed by atoms with Crippen LogP contribution in [0, 0.1) is 29.6 Å². The Morgan fingerprint density at radius 3 is 0.432 bits per heavy atom. The second-order valence-corrected chi connectivity index (χ2v) is 35.4. The highest BCUT2D eigenvalue weighted by molar-refractivity contribution is 7.81. The first-order valence-electron chi connectivity index (χ1n) is 43.7. The maximum absolute atomic E-state index is 12.3. The van der Waals surface area contributed by atoms with Gasteiger partial charge in [0.1, 0.15) is 28.7 Å². The summed E-state index contributed by atoms with van der Waals surface area (Å²) in [6, 6.07) is 81.0. The lowest BCUT2D eigenvalue weighted by molar-refractivity contribution is -0.141. The molecule has 15 rings (SSSR count). The fourth-order valence-electron chi connectivity index (χ4n) is 17.0. The van der Waals surface area contributed by atoms with Crippen LogP contribution in [0.2, 0.25) is 0 Å². The Bertz CT molecular complexity index is 4080. The van der Waals surface area contributed by atoms with Gasteiger partial charge in [0.05, 0.1) is 29.6 Å². The molecule has 5 aliphatic carbocycles. The molecule has 0 heterocycles.